The van der Waals surface area contributed by atoms with Crippen LogP contribution in [0.15, 0.2) is 28.7 Å². The Bertz CT molecular complexity index is 587. The van der Waals surface area contributed by atoms with E-state index in [1.165, 1.54) is 5.56 Å². The van der Waals surface area contributed by atoms with Gasteiger partial charge in [0.25, 0.3) is 0 Å². The molecule has 0 aliphatic carbocycles. The Morgan fingerprint density at radius 3 is 2.09 bits per heavy atom. The zero-order valence-corrected chi connectivity index (χ0v) is 15.0. The fourth-order valence-electron chi connectivity index (χ4n) is 5.55. The van der Waals surface area contributed by atoms with Gasteiger partial charge in [-0.1, -0.05) is 35.8 Å². The van der Waals surface area contributed by atoms with E-state index in [0.717, 1.165) is 43.5 Å². The first-order valence-electron chi connectivity index (χ1n) is 8.53. The number of carbonyl (C=O) groups is 1. The topological polar surface area (TPSA) is 26.0 Å². The van der Waals surface area contributed by atoms with Crippen molar-refractivity contribution < 1.29 is 14.6 Å². The number of benzene rings is 1. The number of carbonyl (C=O) groups excluding carboxylic acids is 1. The molecule has 1 aromatic rings. The lowest BCUT2D eigenvalue weighted by atomic mass is 9.58. The second-order valence-corrected chi connectivity index (χ2v) is 8.52. The second kappa shape index (κ2) is 4.89. The number of ketones is 1. The van der Waals surface area contributed by atoms with E-state index in [2.05, 4.69) is 54.0 Å². The summed E-state index contributed by atoms with van der Waals surface area (Å²) >= 11 is 3.61. The summed E-state index contributed by atoms with van der Waals surface area (Å²) in [5.74, 6) is 0.588. The molecule has 2 N–H and O–H groups in total. The third-order valence-electron chi connectivity index (χ3n) is 6.58. The molecule has 3 nitrogen and oxygen atoms in total. The predicted molar refractivity (Wildman–Crippen MR) is 88.7 cm³/mol. The van der Waals surface area contributed by atoms with Crippen molar-refractivity contribution in [2.75, 3.05) is 26.2 Å². The van der Waals surface area contributed by atoms with Crippen molar-refractivity contribution in [3.8, 4) is 0 Å². The Kier molecular flexibility index (Phi) is 3.30. The molecule has 4 saturated heterocycles. The van der Waals surface area contributed by atoms with Gasteiger partial charge in [0.1, 0.15) is 37.0 Å². The SMILES string of the molecule is CCC12C[NH+]3CC(CC)(C[NH+](C1)C3c1cccc(Br)c1)C2=O. The highest BCUT2D eigenvalue weighted by molar-refractivity contribution is 9.10. The van der Waals surface area contributed by atoms with E-state index in [4.69, 9.17) is 0 Å². The molecule has 0 radical (unpaired) electrons. The van der Waals surface area contributed by atoms with E-state index < -0.39 is 0 Å². The number of rotatable bonds is 3. The van der Waals surface area contributed by atoms with Gasteiger partial charge in [0.15, 0.2) is 5.78 Å². The molecule has 5 rings (SSSR count). The molecule has 4 aliphatic heterocycles. The van der Waals surface area contributed by atoms with Gasteiger partial charge in [0, 0.05) is 4.47 Å². The number of Topliss-reactive ketones (excluding diaryl/α,β-unsaturated/α-hetero) is 1. The van der Waals surface area contributed by atoms with Gasteiger partial charge in [0.2, 0.25) is 6.17 Å². The fourth-order valence-corrected chi connectivity index (χ4v) is 5.96. The molecule has 0 amide bonds. The maximum atomic E-state index is 13.1. The Morgan fingerprint density at radius 1 is 1.09 bits per heavy atom. The lowest BCUT2D eigenvalue weighted by Crippen LogP contribution is -3.41. The summed E-state index contributed by atoms with van der Waals surface area (Å²) in [6, 6.07) is 8.77. The molecular formula is C18H25BrN2O+2. The molecule has 22 heavy (non-hydrogen) atoms. The molecule has 0 saturated carbocycles. The van der Waals surface area contributed by atoms with Crippen molar-refractivity contribution in [1.82, 2.24) is 0 Å². The van der Waals surface area contributed by atoms with E-state index in [0.29, 0.717) is 11.9 Å². The van der Waals surface area contributed by atoms with Crippen LogP contribution in [0, 0.1) is 10.8 Å². The quantitative estimate of drug-likeness (QED) is 0.807. The summed E-state index contributed by atoms with van der Waals surface area (Å²) in [6.07, 6.45) is 2.52. The second-order valence-electron chi connectivity index (χ2n) is 7.61. The molecule has 4 fully saturated rings. The van der Waals surface area contributed by atoms with Crippen LogP contribution in [0.5, 0.6) is 0 Å². The highest BCUT2D eigenvalue weighted by atomic mass is 79.9. The molecule has 0 aromatic heterocycles. The molecule has 0 atom stereocenters. The van der Waals surface area contributed by atoms with E-state index in [1.807, 2.05) is 0 Å². The first kappa shape index (κ1) is 14.9. The van der Waals surface area contributed by atoms with Gasteiger partial charge >= 0.3 is 0 Å². The Hall–Kier alpha value is -0.710. The highest BCUT2D eigenvalue weighted by Gasteiger charge is 2.70. The monoisotopic (exact) mass is 364 g/mol. The maximum Gasteiger partial charge on any atom is 0.240 e. The van der Waals surface area contributed by atoms with E-state index in [9.17, 15) is 4.79 Å². The van der Waals surface area contributed by atoms with Gasteiger partial charge in [-0.2, -0.15) is 0 Å². The van der Waals surface area contributed by atoms with Crippen molar-refractivity contribution in [2.24, 2.45) is 10.8 Å². The number of hydrogen-bond acceptors (Lipinski definition) is 1. The smallest absolute Gasteiger partial charge is 0.240 e. The van der Waals surface area contributed by atoms with Crippen LogP contribution in [0.25, 0.3) is 0 Å². The molecular weight excluding hydrogens is 340 g/mol. The first-order valence-corrected chi connectivity index (χ1v) is 9.32. The van der Waals surface area contributed by atoms with Crippen molar-refractivity contribution in [1.29, 1.82) is 0 Å². The van der Waals surface area contributed by atoms with Crippen LogP contribution in [0.1, 0.15) is 38.4 Å². The van der Waals surface area contributed by atoms with Crippen LogP contribution in [0.3, 0.4) is 0 Å². The van der Waals surface area contributed by atoms with Crippen molar-refractivity contribution in [3.05, 3.63) is 34.3 Å². The fraction of sp³-hybridized carbons (Fsp3) is 0.611. The van der Waals surface area contributed by atoms with Crippen molar-refractivity contribution >= 4 is 21.7 Å². The van der Waals surface area contributed by atoms with Crippen LogP contribution in [0.4, 0.5) is 0 Å². The Labute approximate surface area is 140 Å². The maximum absolute atomic E-state index is 13.1. The van der Waals surface area contributed by atoms with Gasteiger partial charge in [-0.25, -0.2) is 0 Å². The molecule has 118 valence electrons. The lowest BCUT2D eigenvalue weighted by molar-refractivity contribution is -1.18. The molecule has 1 aromatic carbocycles. The molecule has 4 aliphatic rings. The van der Waals surface area contributed by atoms with Gasteiger partial charge in [0.05, 0.1) is 5.56 Å². The van der Waals surface area contributed by atoms with Crippen molar-refractivity contribution in [3.63, 3.8) is 0 Å². The van der Waals surface area contributed by atoms with Crippen LogP contribution in [-0.4, -0.2) is 32.0 Å². The van der Waals surface area contributed by atoms with Crippen LogP contribution in [0.2, 0.25) is 0 Å². The Balaban J connectivity index is 1.76. The largest absolute Gasteiger partial charge is 0.297 e. The summed E-state index contributed by atoms with van der Waals surface area (Å²) in [5.41, 5.74) is 1.31. The zero-order valence-electron chi connectivity index (χ0n) is 13.4. The van der Waals surface area contributed by atoms with Gasteiger partial charge < -0.3 is 0 Å². The van der Waals surface area contributed by atoms with Crippen LogP contribution >= 0.6 is 15.9 Å². The average Bonchev–Trinajstić information content (AvgIpc) is 2.51. The molecule has 4 heteroatoms. The van der Waals surface area contributed by atoms with Crippen molar-refractivity contribution in [2.45, 2.75) is 32.9 Å². The number of quaternary nitrogens is 2. The zero-order chi connectivity index (χ0) is 15.5. The van der Waals surface area contributed by atoms with E-state index in [-0.39, 0.29) is 10.8 Å². The van der Waals surface area contributed by atoms with Gasteiger partial charge in [-0.3, -0.25) is 14.6 Å². The average molecular weight is 365 g/mol. The third-order valence-corrected chi connectivity index (χ3v) is 7.07. The summed E-state index contributed by atoms with van der Waals surface area (Å²) in [7, 11) is 0. The van der Waals surface area contributed by atoms with Crippen LogP contribution < -0.4 is 9.80 Å². The summed E-state index contributed by atoms with van der Waals surface area (Å²) < 4.78 is 1.16. The summed E-state index contributed by atoms with van der Waals surface area (Å²) in [6.45, 7) is 8.55. The Morgan fingerprint density at radius 2 is 1.64 bits per heavy atom. The number of nitrogens with one attached hydrogen (secondary N) is 2. The minimum Gasteiger partial charge on any atom is -0.297 e. The van der Waals surface area contributed by atoms with E-state index >= 15 is 0 Å². The minimum atomic E-state index is -0.0559. The standard InChI is InChI=1S/C18H23BrN2O/c1-3-17-9-20-11-18(4-2,16(17)22)12-21(10-17)15(20)13-6-5-7-14(19)8-13/h5-8,15H,3-4,9-12H2,1-2H3/p+2. The minimum absolute atomic E-state index is 0.0559. The number of hydrogen-bond donors (Lipinski definition) is 2. The summed E-state index contributed by atoms with van der Waals surface area (Å²) in [4.78, 5) is 16.4. The van der Waals surface area contributed by atoms with E-state index in [1.54, 1.807) is 9.80 Å². The highest BCUT2D eigenvalue weighted by Crippen LogP contribution is 2.40. The van der Waals surface area contributed by atoms with Gasteiger partial charge in [-0.15, -0.1) is 0 Å². The molecule has 4 bridgehead atoms. The van der Waals surface area contributed by atoms with Gasteiger partial charge in [-0.05, 0) is 31.0 Å². The summed E-state index contributed by atoms with van der Waals surface area (Å²) in [5, 5.41) is 0. The molecule has 4 heterocycles. The lowest BCUT2D eigenvalue weighted by Gasteiger charge is -2.60. The number of piperidine rings is 2. The number of halogens is 1. The molecule has 0 spiro atoms. The third kappa shape index (κ3) is 1.84. The first-order chi connectivity index (χ1) is 10.5. The predicted octanol–water partition coefficient (Wildman–Crippen LogP) is 0.620. The normalized spacial score (nSPS) is 42.9. The molecule has 0 unspecified atom stereocenters. The van der Waals surface area contributed by atoms with Crippen LogP contribution in [-0.2, 0) is 4.79 Å².